The molecule has 1 aliphatic rings. The van der Waals surface area contributed by atoms with Crippen LogP contribution in [0.1, 0.15) is 52.8 Å². The monoisotopic (exact) mass is 577 g/mol. The molecule has 0 radical (unpaired) electrons. The first-order valence-corrected chi connectivity index (χ1v) is 14.7. The molecule has 0 atom stereocenters. The number of carbonyl (C=O) groups is 1. The number of carbonyl (C=O) groups excluding carboxylic acids is 1. The van der Waals surface area contributed by atoms with Gasteiger partial charge < -0.3 is 18.9 Å². The molecule has 1 aromatic heterocycles. The first kappa shape index (κ1) is 30.9. The Hall–Kier alpha value is -2.62. The number of benzene rings is 2. The van der Waals surface area contributed by atoms with Crippen LogP contribution in [0.15, 0.2) is 52.3 Å². The summed E-state index contributed by atoms with van der Waals surface area (Å²) in [5.41, 5.74) is 1.38. The average molecular weight is 578 g/mol. The third-order valence-electron chi connectivity index (χ3n) is 7.08. The molecule has 1 amide bonds. The predicted molar refractivity (Wildman–Crippen MR) is 155 cm³/mol. The Kier molecular flexibility index (Phi) is 10.1. The van der Waals surface area contributed by atoms with Gasteiger partial charge in [0, 0.05) is 52.1 Å². The second-order valence-electron chi connectivity index (χ2n) is 11.1. The number of methoxy groups -OCH3 is 1. The summed E-state index contributed by atoms with van der Waals surface area (Å²) >= 11 is 0. The highest BCUT2D eigenvalue weighted by Gasteiger charge is 2.28. The van der Waals surface area contributed by atoms with E-state index in [0.29, 0.717) is 30.4 Å². The minimum atomic E-state index is -3.76. The molecule has 10 heteroatoms. The molecule has 0 saturated carbocycles. The summed E-state index contributed by atoms with van der Waals surface area (Å²) in [6.07, 6.45) is 2.61. The zero-order valence-electron chi connectivity index (χ0n) is 23.5. The van der Waals surface area contributed by atoms with Crippen LogP contribution in [-0.2, 0) is 31.3 Å². The van der Waals surface area contributed by atoms with Gasteiger partial charge in [0.15, 0.2) is 0 Å². The van der Waals surface area contributed by atoms with Crippen molar-refractivity contribution in [3.8, 4) is 5.75 Å². The van der Waals surface area contributed by atoms with Crippen molar-refractivity contribution < 1.29 is 22.7 Å². The number of rotatable bonds is 9. The molecular formula is C29H40ClN3O5S. The van der Waals surface area contributed by atoms with Crippen molar-refractivity contribution in [2.45, 2.75) is 68.7 Å². The van der Waals surface area contributed by atoms with Crippen molar-refractivity contribution in [2.75, 3.05) is 33.4 Å². The topological polar surface area (TPSA) is 90.7 Å². The lowest BCUT2D eigenvalue weighted by molar-refractivity contribution is -0.130. The molecule has 1 saturated heterocycles. The van der Waals surface area contributed by atoms with Crippen LogP contribution in [0, 0.1) is 5.92 Å². The number of amides is 1. The molecule has 8 nitrogen and oxygen atoms in total. The molecule has 214 valence electrons. The largest absolute Gasteiger partial charge is 0.493 e. The minimum Gasteiger partial charge on any atom is -0.493 e. The van der Waals surface area contributed by atoms with Crippen LogP contribution in [-0.4, -0.2) is 62.2 Å². The molecule has 3 aromatic rings. The molecule has 1 aliphatic heterocycles. The van der Waals surface area contributed by atoms with Gasteiger partial charge in [-0.05, 0) is 55.2 Å². The third kappa shape index (κ3) is 7.13. The van der Waals surface area contributed by atoms with Crippen molar-refractivity contribution in [3.63, 3.8) is 0 Å². The van der Waals surface area contributed by atoms with Crippen LogP contribution >= 0.6 is 12.4 Å². The van der Waals surface area contributed by atoms with E-state index in [9.17, 15) is 13.2 Å². The van der Waals surface area contributed by atoms with E-state index in [-0.39, 0.29) is 33.5 Å². The minimum absolute atomic E-state index is 0. The Labute approximate surface area is 238 Å². The van der Waals surface area contributed by atoms with Gasteiger partial charge in [-0.25, -0.2) is 13.4 Å². The summed E-state index contributed by atoms with van der Waals surface area (Å²) in [5, 5.41) is 0. The Bertz CT molecular complexity index is 1390. The number of fused-ring (bicyclic) bond motifs is 1. The summed E-state index contributed by atoms with van der Waals surface area (Å²) in [6.45, 7) is 11.4. The van der Waals surface area contributed by atoms with Gasteiger partial charge in [0.25, 0.3) is 0 Å². The Morgan fingerprint density at radius 3 is 2.38 bits per heavy atom. The number of piperidine rings is 1. The van der Waals surface area contributed by atoms with E-state index < -0.39 is 9.84 Å². The molecule has 2 heterocycles. The summed E-state index contributed by atoms with van der Waals surface area (Å²) in [5.74, 6) is 2.00. The maximum absolute atomic E-state index is 13.6. The van der Waals surface area contributed by atoms with Crippen LogP contribution in [0.2, 0.25) is 0 Å². The number of nitrogens with zero attached hydrogens (tertiary/aromatic N) is 3. The van der Waals surface area contributed by atoms with Crippen molar-refractivity contribution in [3.05, 3.63) is 48.3 Å². The fourth-order valence-electron chi connectivity index (χ4n) is 4.98. The normalized spacial score (nSPS) is 14.8. The highest BCUT2D eigenvalue weighted by molar-refractivity contribution is 7.91. The Morgan fingerprint density at radius 2 is 1.74 bits per heavy atom. The molecule has 1 fully saturated rings. The quantitative estimate of drug-likeness (QED) is 0.322. The summed E-state index contributed by atoms with van der Waals surface area (Å²) in [7, 11) is -2.12. The van der Waals surface area contributed by atoms with Gasteiger partial charge in [-0.15, -0.1) is 12.4 Å². The molecule has 39 heavy (non-hydrogen) atoms. The fourth-order valence-corrected chi connectivity index (χ4v) is 6.30. The number of sulfone groups is 1. The van der Waals surface area contributed by atoms with Crippen LogP contribution in [0.25, 0.3) is 11.0 Å². The lowest BCUT2D eigenvalue weighted by Gasteiger charge is -2.32. The molecule has 0 bridgehead atoms. The zero-order valence-corrected chi connectivity index (χ0v) is 25.1. The number of ether oxygens (including phenoxy) is 2. The van der Waals surface area contributed by atoms with E-state index in [4.69, 9.17) is 14.5 Å². The van der Waals surface area contributed by atoms with Gasteiger partial charge >= 0.3 is 0 Å². The third-order valence-corrected chi connectivity index (χ3v) is 8.83. The number of aromatic nitrogens is 2. The van der Waals surface area contributed by atoms with Crippen LogP contribution in [0.3, 0.4) is 0 Å². The van der Waals surface area contributed by atoms with E-state index in [2.05, 4.69) is 25.3 Å². The summed E-state index contributed by atoms with van der Waals surface area (Å²) in [4.78, 5) is 19.0. The smallest absolute Gasteiger partial charge is 0.219 e. The van der Waals surface area contributed by atoms with Crippen LogP contribution < -0.4 is 4.74 Å². The standard InChI is InChI=1S/C29H39N3O5S.ClH/c1-21(33)31-14-12-22(13-15-31)20-32-27-11-10-25(19-26(27)30-28(32)29(2,3)4)38(34,35)24-9-6-8-23(18-24)37-17-7-16-36-5;/h6,8-11,18-19,22H,7,12-17,20H2,1-5H3;1H. The molecule has 0 N–H and O–H groups in total. The molecular weight excluding hydrogens is 538 g/mol. The summed E-state index contributed by atoms with van der Waals surface area (Å²) < 4.78 is 40.1. The molecule has 0 spiro atoms. The lowest BCUT2D eigenvalue weighted by Crippen LogP contribution is -2.38. The molecule has 2 aromatic carbocycles. The maximum atomic E-state index is 13.6. The first-order chi connectivity index (χ1) is 18.0. The van der Waals surface area contributed by atoms with E-state index in [1.807, 2.05) is 11.0 Å². The number of imidazole rings is 1. The second kappa shape index (κ2) is 12.7. The van der Waals surface area contributed by atoms with Gasteiger partial charge in [-0.3, -0.25) is 4.79 Å². The fraction of sp³-hybridized carbons (Fsp3) is 0.517. The Balaban J connectivity index is 0.00000420. The van der Waals surface area contributed by atoms with E-state index in [1.54, 1.807) is 50.4 Å². The van der Waals surface area contributed by atoms with Gasteiger partial charge in [0.1, 0.15) is 11.6 Å². The van der Waals surface area contributed by atoms with Gasteiger partial charge in [-0.1, -0.05) is 26.8 Å². The highest BCUT2D eigenvalue weighted by atomic mass is 35.5. The average Bonchev–Trinajstić information content (AvgIpc) is 3.25. The number of hydrogen-bond acceptors (Lipinski definition) is 6. The van der Waals surface area contributed by atoms with E-state index in [0.717, 1.165) is 50.2 Å². The van der Waals surface area contributed by atoms with Crippen molar-refractivity contribution in [2.24, 2.45) is 5.92 Å². The number of hydrogen-bond donors (Lipinski definition) is 0. The van der Waals surface area contributed by atoms with Gasteiger partial charge in [0.05, 0.1) is 27.4 Å². The first-order valence-electron chi connectivity index (χ1n) is 13.2. The SMILES string of the molecule is COCCCOc1cccc(S(=O)(=O)c2ccc3c(c2)nc(C(C)(C)C)n3CC2CCN(C(C)=O)CC2)c1.Cl. The van der Waals surface area contributed by atoms with E-state index >= 15 is 0 Å². The molecule has 4 rings (SSSR count). The Morgan fingerprint density at radius 1 is 1.05 bits per heavy atom. The second-order valence-corrected chi connectivity index (χ2v) is 13.0. The molecule has 0 unspecified atom stereocenters. The summed E-state index contributed by atoms with van der Waals surface area (Å²) in [6, 6.07) is 11.8. The van der Waals surface area contributed by atoms with Crippen molar-refractivity contribution in [1.82, 2.24) is 14.5 Å². The lowest BCUT2D eigenvalue weighted by atomic mass is 9.93. The maximum Gasteiger partial charge on any atom is 0.219 e. The van der Waals surface area contributed by atoms with Crippen LogP contribution in [0.5, 0.6) is 5.75 Å². The van der Waals surface area contributed by atoms with Crippen LogP contribution in [0.4, 0.5) is 0 Å². The zero-order chi connectivity index (χ0) is 27.5. The predicted octanol–water partition coefficient (Wildman–Crippen LogP) is 5.26. The van der Waals surface area contributed by atoms with Gasteiger partial charge in [0.2, 0.25) is 15.7 Å². The van der Waals surface area contributed by atoms with Gasteiger partial charge in [-0.2, -0.15) is 0 Å². The molecule has 0 aliphatic carbocycles. The number of likely N-dealkylation sites (tertiary alicyclic amines) is 1. The number of halogens is 1. The highest BCUT2D eigenvalue weighted by Crippen LogP contribution is 2.32. The van der Waals surface area contributed by atoms with Crippen molar-refractivity contribution in [1.29, 1.82) is 0 Å². The van der Waals surface area contributed by atoms with E-state index in [1.165, 1.54) is 0 Å². The van der Waals surface area contributed by atoms with Crippen molar-refractivity contribution >= 4 is 39.2 Å².